The molecule has 11 atom stereocenters. The molecule has 0 aromatic heterocycles. The molecule has 0 aliphatic carbocycles. The first-order chi connectivity index (χ1) is 17.6. The van der Waals surface area contributed by atoms with Crippen LogP contribution < -0.4 is 4.89 Å². The molecule has 0 saturated carbocycles. The van der Waals surface area contributed by atoms with Crippen LogP contribution in [0.3, 0.4) is 0 Å². The average molecular weight is 560 g/mol. The van der Waals surface area contributed by atoms with Crippen LogP contribution in [0.15, 0.2) is 12.7 Å². The molecule has 2 heterocycles. The number of phosphoric ester groups is 1. The average Bonchev–Trinajstić information content (AvgIpc) is 2.87. The fourth-order valence-electron chi connectivity index (χ4n) is 4.07. The largest absolute Gasteiger partial charge is 0.756 e. The zero-order valence-corrected chi connectivity index (χ0v) is 21.5. The fraction of sp³-hybridized carbons (Fsp3) is 0.909. The third kappa shape index (κ3) is 9.55. The first-order valence-corrected chi connectivity index (χ1v) is 13.9. The van der Waals surface area contributed by atoms with Gasteiger partial charge in [0.25, 0.3) is 7.82 Å². The Bertz CT molecular complexity index is 709. The lowest BCUT2D eigenvalue weighted by Crippen LogP contribution is -2.64. The van der Waals surface area contributed by atoms with Gasteiger partial charge < -0.3 is 59.4 Å². The molecule has 0 aromatic rings. The summed E-state index contributed by atoms with van der Waals surface area (Å²) < 4.78 is 37.7. The fourth-order valence-corrected chi connectivity index (χ4v) is 4.92. The Morgan fingerprint density at radius 2 is 1.35 bits per heavy atom. The van der Waals surface area contributed by atoms with Crippen molar-refractivity contribution in [1.29, 1.82) is 0 Å². The number of allylic oxidation sites excluding steroid dienone is 1. The van der Waals surface area contributed by atoms with Crippen LogP contribution in [0.2, 0.25) is 0 Å². The Morgan fingerprint density at radius 1 is 0.784 bits per heavy atom. The van der Waals surface area contributed by atoms with Crippen LogP contribution in [0.25, 0.3) is 0 Å². The summed E-state index contributed by atoms with van der Waals surface area (Å²) in [5.41, 5.74) is 0. The minimum atomic E-state index is -4.96. The van der Waals surface area contributed by atoms with Gasteiger partial charge in [0.05, 0.1) is 19.8 Å². The number of aliphatic hydroxyl groups is 7. The summed E-state index contributed by atoms with van der Waals surface area (Å²) in [4.78, 5) is 12.2. The quantitative estimate of drug-likeness (QED) is 0.0618. The molecule has 1 unspecified atom stereocenters. The van der Waals surface area contributed by atoms with Crippen molar-refractivity contribution in [2.24, 2.45) is 0 Å². The van der Waals surface area contributed by atoms with Crippen molar-refractivity contribution in [2.75, 3.05) is 19.8 Å². The summed E-state index contributed by atoms with van der Waals surface area (Å²) in [6.45, 7) is 1.95. The highest BCUT2D eigenvalue weighted by atomic mass is 31.2. The van der Waals surface area contributed by atoms with Gasteiger partial charge in [-0.15, -0.1) is 6.58 Å². The van der Waals surface area contributed by atoms with Crippen LogP contribution in [0.5, 0.6) is 0 Å². The van der Waals surface area contributed by atoms with E-state index in [0.29, 0.717) is 6.42 Å². The predicted molar refractivity (Wildman–Crippen MR) is 124 cm³/mol. The van der Waals surface area contributed by atoms with Crippen molar-refractivity contribution in [3.63, 3.8) is 0 Å². The Hall–Kier alpha value is -0.550. The van der Waals surface area contributed by atoms with Crippen LogP contribution in [0, 0.1) is 0 Å². The van der Waals surface area contributed by atoms with E-state index < -0.39 is 82.4 Å². The second-order valence-corrected chi connectivity index (χ2v) is 10.5. The Kier molecular flexibility index (Phi) is 14.0. The molecular formula is C22H40O14P-. The van der Waals surface area contributed by atoms with Crippen LogP contribution in [-0.4, -0.2) is 117 Å². The molecule has 2 rings (SSSR count). The van der Waals surface area contributed by atoms with E-state index in [2.05, 4.69) is 6.58 Å². The molecule has 0 radical (unpaired) electrons. The van der Waals surface area contributed by atoms with Gasteiger partial charge in [0.15, 0.2) is 12.6 Å². The number of phosphoric acid groups is 1. The lowest BCUT2D eigenvalue weighted by Gasteiger charge is -2.46. The van der Waals surface area contributed by atoms with E-state index in [1.165, 1.54) is 0 Å². The summed E-state index contributed by atoms with van der Waals surface area (Å²) in [6, 6.07) is 0. The first kappa shape index (κ1) is 32.7. The maximum atomic E-state index is 12.2. The van der Waals surface area contributed by atoms with E-state index in [9.17, 15) is 45.2 Å². The highest BCUT2D eigenvalue weighted by molar-refractivity contribution is 7.45. The van der Waals surface area contributed by atoms with Crippen molar-refractivity contribution in [2.45, 2.75) is 106 Å². The Morgan fingerprint density at radius 3 is 1.97 bits per heavy atom. The third-order valence-corrected chi connectivity index (χ3v) is 7.21. The topological polar surface area (TPSA) is 228 Å². The van der Waals surface area contributed by atoms with Crippen LogP contribution in [0.1, 0.15) is 44.9 Å². The molecule has 0 aromatic carbocycles. The van der Waals surface area contributed by atoms with Crippen LogP contribution in [0.4, 0.5) is 0 Å². The summed E-state index contributed by atoms with van der Waals surface area (Å²) in [7, 11) is -4.96. The molecule has 2 aliphatic heterocycles. The van der Waals surface area contributed by atoms with Crippen molar-refractivity contribution in [3.05, 3.63) is 12.7 Å². The molecule has 2 saturated heterocycles. The SMILES string of the molecule is C=CCCCCCCCCOP(=O)([O-])O[C@H]1O[C@H](CO)[C@@H](O[C@@H]2O[C@H](CO)[C@H](O)[C@H](O)[C@H]2O)[C@H](O)[C@@H]1O. The Balaban J connectivity index is 1.87. The van der Waals surface area contributed by atoms with Gasteiger partial charge in [-0.25, -0.2) is 0 Å². The van der Waals surface area contributed by atoms with Gasteiger partial charge in [0.2, 0.25) is 0 Å². The molecule has 218 valence electrons. The second-order valence-electron chi connectivity index (χ2n) is 9.09. The van der Waals surface area contributed by atoms with Crippen LogP contribution in [-0.2, 0) is 27.8 Å². The monoisotopic (exact) mass is 559 g/mol. The number of unbranched alkanes of at least 4 members (excludes halogenated alkanes) is 6. The summed E-state index contributed by atoms with van der Waals surface area (Å²) >= 11 is 0. The van der Waals surface area contributed by atoms with Crippen LogP contribution >= 0.6 is 7.82 Å². The van der Waals surface area contributed by atoms with Crippen molar-refractivity contribution in [3.8, 4) is 0 Å². The first-order valence-electron chi connectivity index (χ1n) is 12.4. The summed E-state index contributed by atoms with van der Waals surface area (Å²) in [5.74, 6) is 0. The predicted octanol–water partition coefficient (Wildman–Crippen LogP) is -1.97. The van der Waals surface area contributed by atoms with Gasteiger partial charge in [0.1, 0.15) is 48.8 Å². The van der Waals surface area contributed by atoms with Crippen molar-refractivity contribution < 1.29 is 68.5 Å². The Labute approximate surface area is 215 Å². The maximum Gasteiger partial charge on any atom is 0.270 e. The molecule has 0 bridgehead atoms. The highest BCUT2D eigenvalue weighted by Crippen LogP contribution is 2.43. The van der Waals surface area contributed by atoms with E-state index >= 15 is 0 Å². The number of rotatable bonds is 16. The van der Waals surface area contributed by atoms with E-state index in [1.54, 1.807) is 0 Å². The summed E-state index contributed by atoms with van der Waals surface area (Å²) in [6.07, 6.45) is -9.05. The second kappa shape index (κ2) is 15.9. The molecule has 7 N–H and O–H groups in total. The normalized spacial score (nSPS) is 38.3. The number of ether oxygens (including phenoxy) is 3. The zero-order valence-electron chi connectivity index (χ0n) is 20.6. The van der Waals surface area contributed by atoms with E-state index in [0.717, 1.165) is 38.5 Å². The molecule has 37 heavy (non-hydrogen) atoms. The minimum Gasteiger partial charge on any atom is -0.756 e. The lowest BCUT2D eigenvalue weighted by atomic mass is 9.97. The van der Waals surface area contributed by atoms with Crippen molar-refractivity contribution >= 4 is 7.82 Å². The van der Waals surface area contributed by atoms with Gasteiger partial charge in [-0.3, -0.25) is 9.09 Å². The molecular weight excluding hydrogens is 519 g/mol. The van der Waals surface area contributed by atoms with E-state index in [1.807, 2.05) is 6.08 Å². The smallest absolute Gasteiger partial charge is 0.270 e. The number of hydrogen-bond acceptors (Lipinski definition) is 14. The standard InChI is InChI=1S/C22H41O14P/c1-2-3-4-5-6-7-8-9-10-32-37(30,31)36-22-19(29)17(27)20(14(12-24)34-22)35-21-18(28)16(26)15(25)13(11-23)33-21/h2,13-29H,1,3-12H2,(H,30,31)/p-1/t13-,14-,15+,16+,17-,18-,19+,20-,21+,22-/m1/s1. The molecule has 0 amide bonds. The van der Waals surface area contributed by atoms with Gasteiger partial charge in [0, 0.05) is 0 Å². The third-order valence-electron chi connectivity index (χ3n) is 6.25. The molecule has 2 fully saturated rings. The van der Waals surface area contributed by atoms with Gasteiger partial charge in [-0.2, -0.15) is 0 Å². The van der Waals surface area contributed by atoms with E-state index in [-0.39, 0.29) is 6.61 Å². The number of aliphatic hydroxyl groups excluding tert-OH is 7. The highest BCUT2D eigenvalue weighted by Gasteiger charge is 2.51. The van der Waals surface area contributed by atoms with Gasteiger partial charge in [-0.1, -0.05) is 31.8 Å². The zero-order chi connectivity index (χ0) is 27.6. The molecule has 15 heteroatoms. The van der Waals surface area contributed by atoms with Gasteiger partial charge in [-0.05, 0) is 19.3 Å². The number of hydrogen-bond donors (Lipinski definition) is 7. The van der Waals surface area contributed by atoms with Gasteiger partial charge >= 0.3 is 0 Å². The molecule has 0 spiro atoms. The molecule has 2 aliphatic rings. The van der Waals surface area contributed by atoms with E-state index in [4.69, 9.17) is 23.3 Å². The summed E-state index contributed by atoms with van der Waals surface area (Å²) in [5, 5.41) is 69.8. The maximum absolute atomic E-state index is 12.2. The minimum absolute atomic E-state index is 0.148. The van der Waals surface area contributed by atoms with Crippen molar-refractivity contribution in [1.82, 2.24) is 0 Å². The lowest BCUT2D eigenvalue weighted by molar-refractivity contribution is -0.357. The molecule has 14 nitrogen and oxygen atoms in total.